The van der Waals surface area contributed by atoms with E-state index in [1.165, 1.54) is 0 Å². The minimum atomic E-state index is -0.346. The lowest BCUT2D eigenvalue weighted by molar-refractivity contribution is -0.129. The molecular formula is C21H31N3O4S. The van der Waals surface area contributed by atoms with E-state index in [9.17, 15) is 14.4 Å². The number of aromatic nitrogens is 1. The standard InChI is InChI=1S/C21H31N3O4S/c1-3-29-14-18(25)24-10-8-17-15(13-24)12-22-20(26)19(17)21(27)23(2)9-4-6-16-7-5-11-28-16/h12,16H,3-11,13-14H2,1-2H3,(H,22,26). The average molecular weight is 422 g/mol. The van der Waals surface area contributed by atoms with Gasteiger partial charge >= 0.3 is 0 Å². The van der Waals surface area contributed by atoms with Crippen molar-refractivity contribution in [2.45, 2.75) is 51.7 Å². The van der Waals surface area contributed by atoms with Gasteiger partial charge in [0.15, 0.2) is 0 Å². The van der Waals surface area contributed by atoms with Gasteiger partial charge in [0.25, 0.3) is 11.5 Å². The van der Waals surface area contributed by atoms with Crippen molar-refractivity contribution in [1.29, 1.82) is 0 Å². The average Bonchev–Trinajstić information content (AvgIpc) is 3.24. The quantitative estimate of drug-likeness (QED) is 0.695. The van der Waals surface area contributed by atoms with Crippen LogP contribution in [0.1, 0.15) is 54.1 Å². The highest BCUT2D eigenvalue weighted by Crippen LogP contribution is 2.22. The third-order valence-electron chi connectivity index (χ3n) is 5.67. The maximum absolute atomic E-state index is 13.0. The highest BCUT2D eigenvalue weighted by atomic mass is 32.2. The van der Waals surface area contributed by atoms with Crippen LogP contribution >= 0.6 is 11.8 Å². The SMILES string of the molecule is CCSCC(=O)N1CCc2c(c[nH]c(=O)c2C(=O)N(C)CCCC2CCCO2)C1. The van der Waals surface area contributed by atoms with Crippen LogP contribution in [0.15, 0.2) is 11.0 Å². The molecule has 1 saturated heterocycles. The van der Waals surface area contributed by atoms with Crippen LogP contribution in [0.3, 0.4) is 0 Å². The molecular weight excluding hydrogens is 390 g/mol. The lowest BCUT2D eigenvalue weighted by Gasteiger charge is -2.30. The van der Waals surface area contributed by atoms with Gasteiger partial charge in [0.05, 0.1) is 11.9 Å². The number of rotatable bonds is 8. The Morgan fingerprint density at radius 3 is 2.97 bits per heavy atom. The zero-order valence-corrected chi connectivity index (χ0v) is 18.2. The number of pyridine rings is 1. The number of hydrogen-bond donors (Lipinski definition) is 1. The number of nitrogens with one attached hydrogen (secondary N) is 1. The molecule has 1 aromatic heterocycles. The number of H-pyrrole nitrogens is 1. The summed E-state index contributed by atoms with van der Waals surface area (Å²) in [5, 5.41) is 0. The fourth-order valence-corrected chi connectivity index (χ4v) is 4.57. The predicted octanol–water partition coefficient (Wildman–Crippen LogP) is 2.04. The molecule has 2 aliphatic rings. The van der Waals surface area contributed by atoms with E-state index in [0.29, 0.717) is 37.9 Å². The summed E-state index contributed by atoms with van der Waals surface area (Å²) in [4.78, 5) is 44.0. The number of carbonyl (C=O) groups excluding carboxylic acids is 2. The number of aromatic amines is 1. The fourth-order valence-electron chi connectivity index (χ4n) is 4.01. The van der Waals surface area contributed by atoms with Gasteiger partial charge in [-0.25, -0.2) is 0 Å². The summed E-state index contributed by atoms with van der Waals surface area (Å²) >= 11 is 1.60. The first-order valence-corrected chi connectivity index (χ1v) is 11.6. The Labute approximate surface area is 176 Å². The van der Waals surface area contributed by atoms with Gasteiger partial charge in [0, 0.05) is 39.5 Å². The summed E-state index contributed by atoms with van der Waals surface area (Å²) in [5.41, 5.74) is 1.54. The summed E-state index contributed by atoms with van der Waals surface area (Å²) in [6.07, 6.45) is 6.49. The molecule has 3 rings (SSSR count). The Morgan fingerprint density at radius 1 is 1.41 bits per heavy atom. The number of fused-ring (bicyclic) bond motifs is 1. The van der Waals surface area contributed by atoms with Crippen LogP contribution in [-0.4, -0.2) is 71.0 Å². The molecule has 29 heavy (non-hydrogen) atoms. The molecule has 0 saturated carbocycles. The summed E-state index contributed by atoms with van der Waals surface area (Å²) in [6.45, 7) is 4.45. The first-order chi connectivity index (χ1) is 14.0. The van der Waals surface area contributed by atoms with E-state index < -0.39 is 0 Å². The zero-order valence-electron chi connectivity index (χ0n) is 17.4. The second-order valence-corrected chi connectivity index (χ2v) is 8.98. The number of ether oxygens (including phenoxy) is 1. The second-order valence-electron chi connectivity index (χ2n) is 7.70. The fraction of sp³-hybridized carbons (Fsp3) is 0.667. The van der Waals surface area contributed by atoms with Crippen molar-refractivity contribution in [1.82, 2.24) is 14.8 Å². The molecule has 8 heteroatoms. The molecule has 160 valence electrons. The van der Waals surface area contributed by atoms with Crippen LogP contribution in [-0.2, 0) is 22.5 Å². The van der Waals surface area contributed by atoms with Crippen LogP contribution in [0, 0.1) is 0 Å². The normalized spacial score (nSPS) is 18.6. The van der Waals surface area contributed by atoms with Crippen molar-refractivity contribution >= 4 is 23.6 Å². The van der Waals surface area contributed by atoms with Crippen LogP contribution in [0.2, 0.25) is 0 Å². The Balaban J connectivity index is 1.66. The van der Waals surface area contributed by atoms with E-state index in [1.807, 2.05) is 11.8 Å². The van der Waals surface area contributed by atoms with Gasteiger partial charge in [0.2, 0.25) is 5.91 Å². The van der Waals surface area contributed by atoms with Gasteiger partial charge in [-0.05, 0) is 49.0 Å². The molecule has 2 amide bonds. The van der Waals surface area contributed by atoms with E-state index in [1.54, 1.807) is 29.9 Å². The molecule has 1 unspecified atom stereocenters. The largest absolute Gasteiger partial charge is 0.378 e. The topological polar surface area (TPSA) is 82.7 Å². The minimum absolute atomic E-state index is 0.104. The summed E-state index contributed by atoms with van der Waals surface area (Å²) in [7, 11) is 1.75. The van der Waals surface area contributed by atoms with Crippen molar-refractivity contribution in [3.8, 4) is 0 Å². The van der Waals surface area contributed by atoms with Crippen molar-refractivity contribution in [2.75, 3.05) is 38.2 Å². The lowest BCUT2D eigenvalue weighted by Crippen LogP contribution is -2.40. The number of amides is 2. The highest BCUT2D eigenvalue weighted by Gasteiger charge is 2.28. The Hall–Kier alpha value is -1.80. The van der Waals surface area contributed by atoms with Crippen molar-refractivity contribution in [3.05, 3.63) is 33.2 Å². The molecule has 1 aromatic rings. The maximum atomic E-state index is 13.0. The first kappa shape index (κ1) is 21.9. The zero-order chi connectivity index (χ0) is 20.8. The molecule has 2 aliphatic heterocycles. The number of nitrogens with zero attached hydrogens (tertiary/aromatic N) is 2. The van der Waals surface area contributed by atoms with Crippen LogP contribution in [0.25, 0.3) is 0 Å². The van der Waals surface area contributed by atoms with E-state index in [-0.39, 0.29) is 22.9 Å². The Bertz CT molecular complexity index is 789. The van der Waals surface area contributed by atoms with Crippen LogP contribution in [0.5, 0.6) is 0 Å². The van der Waals surface area contributed by atoms with Crippen molar-refractivity contribution in [2.24, 2.45) is 0 Å². The van der Waals surface area contributed by atoms with E-state index in [2.05, 4.69) is 4.98 Å². The smallest absolute Gasteiger partial charge is 0.261 e. The van der Waals surface area contributed by atoms with Crippen LogP contribution in [0.4, 0.5) is 0 Å². The van der Waals surface area contributed by atoms with E-state index >= 15 is 0 Å². The molecule has 0 bridgehead atoms. The van der Waals surface area contributed by atoms with Crippen LogP contribution < -0.4 is 5.56 Å². The Kier molecular flexibility index (Phi) is 7.77. The van der Waals surface area contributed by atoms with Gasteiger partial charge in [0.1, 0.15) is 5.56 Å². The monoisotopic (exact) mass is 421 g/mol. The molecule has 3 heterocycles. The van der Waals surface area contributed by atoms with Gasteiger partial charge in [-0.15, -0.1) is 0 Å². The summed E-state index contributed by atoms with van der Waals surface area (Å²) < 4.78 is 5.64. The van der Waals surface area contributed by atoms with Gasteiger partial charge in [-0.2, -0.15) is 11.8 Å². The van der Waals surface area contributed by atoms with E-state index in [4.69, 9.17) is 4.74 Å². The van der Waals surface area contributed by atoms with Crippen molar-refractivity contribution < 1.29 is 14.3 Å². The molecule has 0 radical (unpaired) electrons. The molecule has 7 nitrogen and oxygen atoms in total. The second kappa shape index (κ2) is 10.3. The molecule has 0 aliphatic carbocycles. The minimum Gasteiger partial charge on any atom is -0.378 e. The summed E-state index contributed by atoms with van der Waals surface area (Å²) in [5.74, 6) is 1.24. The van der Waals surface area contributed by atoms with E-state index in [0.717, 1.165) is 49.2 Å². The van der Waals surface area contributed by atoms with Gasteiger partial charge in [-0.1, -0.05) is 6.92 Å². The number of thioether (sulfide) groups is 1. The summed E-state index contributed by atoms with van der Waals surface area (Å²) in [6, 6.07) is 0. The molecule has 0 spiro atoms. The molecule has 1 fully saturated rings. The molecule has 1 N–H and O–H groups in total. The van der Waals surface area contributed by atoms with Crippen molar-refractivity contribution in [3.63, 3.8) is 0 Å². The third kappa shape index (κ3) is 5.42. The highest BCUT2D eigenvalue weighted by molar-refractivity contribution is 7.99. The lowest BCUT2D eigenvalue weighted by atomic mass is 9.96. The third-order valence-corrected chi connectivity index (χ3v) is 6.53. The maximum Gasteiger partial charge on any atom is 0.261 e. The van der Waals surface area contributed by atoms with Gasteiger partial charge in [-0.3, -0.25) is 14.4 Å². The number of carbonyl (C=O) groups is 2. The molecule has 1 atom stereocenters. The number of hydrogen-bond acceptors (Lipinski definition) is 5. The Morgan fingerprint density at radius 2 is 2.24 bits per heavy atom. The first-order valence-electron chi connectivity index (χ1n) is 10.5. The van der Waals surface area contributed by atoms with Gasteiger partial charge < -0.3 is 19.5 Å². The predicted molar refractivity (Wildman–Crippen MR) is 114 cm³/mol. The molecule has 0 aromatic carbocycles.